The highest BCUT2D eigenvalue weighted by Gasteiger charge is 2.53. The van der Waals surface area contributed by atoms with Crippen molar-refractivity contribution in [3.63, 3.8) is 0 Å². The van der Waals surface area contributed by atoms with Gasteiger partial charge in [0, 0.05) is 24.0 Å². The number of carboxylic acids is 1. The summed E-state index contributed by atoms with van der Waals surface area (Å²) >= 11 is 0. The first-order valence-corrected chi connectivity index (χ1v) is 17.8. The lowest BCUT2D eigenvalue weighted by molar-refractivity contribution is -0.259. The summed E-state index contributed by atoms with van der Waals surface area (Å²) in [6.07, 6.45) is -11.1. The molecule has 2 atom stereocenters. The van der Waals surface area contributed by atoms with Gasteiger partial charge >= 0.3 is 18.3 Å². The first kappa shape index (κ1) is 41.9. The largest absolute Gasteiger partial charge is 0.478 e. The van der Waals surface area contributed by atoms with Gasteiger partial charge < -0.3 is 15.3 Å². The Morgan fingerprint density at radius 2 is 1.11 bits per heavy atom. The van der Waals surface area contributed by atoms with Crippen molar-refractivity contribution >= 4 is 27.4 Å². The average Bonchev–Trinajstić information content (AvgIpc) is 3.06. The SMILES string of the molecule is CCC(=O)c1ccc(S(=O)(=O)c2ccc(C(=O)Cc3cc(C)c(-c4cc(C(C)(O)C(F)(F)F)c(C)cc4C)cc3C(C)(O)C(F)(F)F)cc2)cc1C(=O)O. The predicted molar refractivity (Wildman–Crippen MR) is 185 cm³/mol. The number of Topliss-reactive ketones (excluding diaryl/α,β-unsaturated/α-hetero) is 2. The van der Waals surface area contributed by atoms with Crippen molar-refractivity contribution in [3.05, 3.63) is 117 Å². The highest BCUT2D eigenvalue weighted by molar-refractivity contribution is 7.91. The van der Waals surface area contributed by atoms with Crippen molar-refractivity contribution in [2.24, 2.45) is 0 Å². The quantitative estimate of drug-likeness (QED) is 0.102. The van der Waals surface area contributed by atoms with Gasteiger partial charge in [0.25, 0.3) is 0 Å². The molecule has 4 rings (SSSR count). The van der Waals surface area contributed by atoms with Crippen molar-refractivity contribution in [2.75, 3.05) is 0 Å². The van der Waals surface area contributed by atoms with Crippen LogP contribution in [0.3, 0.4) is 0 Å². The Kier molecular flexibility index (Phi) is 11.2. The summed E-state index contributed by atoms with van der Waals surface area (Å²) in [6, 6.07) is 11.8. The number of halogens is 6. The molecule has 2 unspecified atom stereocenters. The summed E-state index contributed by atoms with van der Waals surface area (Å²) in [6.45, 7) is 6.86. The molecule has 0 aliphatic rings. The molecule has 8 nitrogen and oxygen atoms in total. The topological polar surface area (TPSA) is 146 Å². The summed E-state index contributed by atoms with van der Waals surface area (Å²) < 4.78 is 111. The van der Waals surface area contributed by atoms with Crippen LogP contribution in [0.2, 0.25) is 0 Å². The smallest absolute Gasteiger partial charge is 0.421 e. The van der Waals surface area contributed by atoms with Gasteiger partial charge in [0.2, 0.25) is 9.84 Å². The normalized spacial score (nSPS) is 14.6. The molecule has 288 valence electrons. The number of hydrogen-bond donors (Lipinski definition) is 3. The van der Waals surface area contributed by atoms with Crippen LogP contribution >= 0.6 is 0 Å². The second-order valence-electron chi connectivity index (χ2n) is 13.4. The van der Waals surface area contributed by atoms with Crippen LogP contribution in [0.5, 0.6) is 0 Å². The third kappa shape index (κ3) is 7.70. The lowest BCUT2D eigenvalue weighted by Gasteiger charge is -2.31. The van der Waals surface area contributed by atoms with Gasteiger partial charge in [-0.25, -0.2) is 13.2 Å². The molecule has 0 bridgehead atoms. The van der Waals surface area contributed by atoms with E-state index in [1.54, 1.807) is 0 Å². The molecule has 3 N–H and O–H groups in total. The van der Waals surface area contributed by atoms with Crippen LogP contribution < -0.4 is 0 Å². The number of carboxylic acid groups (broad SMARTS) is 1. The van der Waals surface area contributed by atoms with Gasteiger partial charge in [0.1, 0.15) is 0 Å². The first-order valence-electron chi connectivity index (χ1n) is 16.3. The fraction of sp³-hybridized carbons (Fsp3) is 0.308. The van der Waals surface area contributed by atoms with Crippen LogP contribution in [-0.4, -0.2) is 53.6 Å². The molecule has 0 amide bonds. The summed E-state index contributed by atoms with van der Waals surface area (Å²) in [7, 11) is -4.37. The number of carbonyl (C=O) groups is 3. The average molecular weight is 779 g/mol. The molecule has 0 spiro atoms. The number of ketones is 2. The Bertz CT molecular complexity index is 2270. The maximum absolute atomic E-state index is 14.3. The molecule has 0 fully saturated rings. The van der Waals surface area contributed by atoms with E-state index in [0.29, 0.717) is 19.4 Å². The molecule has 0 aliphatic heterocycles. The fourth-order valence-electron chi connectivity index (χ4n) is 6.16. The fourth-order valence-corrected chi connectivity index (χ4v) is 7.45. The maximum atomic E-state index is 14.3. The van der Waals surface area contributed by atoms with E-state index in [-0.39, 0.29) is 50.3 Å². The van der Waals surface area contributed by atoms with Crippen LogP contribution in [0.4, 0.5) is 26.3 Å². The van der Waals surface area contributed by atoms with E-state index < -0.39 is 78.9 Å². The summed E-state index contributed by atoms with van der Waals surface area (Å²) in [5.41, 5.74) is -8.51. The molecule has 4 aromatic rings. The van der Waals surface area contributed by atoms with E-state index in [9.17, 15) is 64.5 Å². The number of aromatic carboxylic acids is 1. The summed E-state index contributed by atoms with van der Waals surface area (Å²) in [4.78, 5) is 36.6. The number of aryl methyl sites for hydroxylation is 3. The van der Waals surface area contributed by atoms with Gasteiger partial charge in [0.05, 0.1) is 15.4 Å². The highest BCUT2D eigenvalue weighted by Crippen LogP contribution is 2.45. The molecule has 0 aliphatic carbocycles. The minimum Gasteiger partial charge on any atom is -0.478 e. The van der Waals surface area contributed by atoms with Crippen molar-refractivity contribution in [2.45, 2.75) is 87.7 Å². The van der Waals surface area contributed by atoms with Crippen LogP contribution in [0, 0.1) is 20.8 Å². The summed E-state index contributed by atoms with van der Waals surface area (Å²) in [5, 5.41) is 30.9. The highest BCUT2D eigenvalue weighted by atomic mass is 32.2. The Morgan fingerprint density at radius 3 is 1.61 bits per heavy atom. The van der Waals surface area contributed by atoms with Crippen molar-refractivity contribution in [3.8, 4) is 11.1 Å². The minimum absolute atomic E-state index is 0.00940. The lowest BCUT2D eigenvalue weighted by atomic mass is 9.81. The molecule has 0 saturated carbocycles. The Labute approximate surface area is 307 Å². The number of aliphatic hydroxyl groups is 2. The van der Waals surface area contributed by atoms with Gasteiger partial charge in [-0.15, -0.1) is 0 Å². The van der Waals surface area contributed by atoms with Crippen molar-refractivity contribution in [1.82, 2.24) is 0 Å². The molecular formula is C39H36F6O8S. The maximum Gasteiger partial charge on any atom is 0.421 e. The van der Waals surface area contributed by atoms with E-state index in [4.69, 9.17) is 0 Å². The third-order valence-corrected chi connectivity index (χ3v) is 11.2. The van der Waals surface area contributed by atoms with Crippen LogP contribution in [0.1, 0.15) is 91.6 Å². The zero-order valence-corrected chi connectivity index (χ0v) is 30.6. The second kappa shape index (κ2) is 14.4. The van der Waals surface area contributed by atoms with Crippen LogP contribution in [0.15, 0.2) is 76.5 Å². The predicted octanol–water partition coefficient (Wildman–Crippen LogP) is 8.37. The van der Waals surface area contributed by atoms with E-state index in [1.165, 1.54) is 39.8 Å². The molecule has 54 heavy (non-hydrogen) atoms. The molecule has 0 aromatic heterocycles. The van der Waals surface area contributed by atoms with Crippen molar-refractivity contribution < 1.29 is 64.5 Å². The number of benzene rings is 4. The molecule has 0 heterocycles. The third-order valence-electron chi connectivity index (χ3n) is 9.46. The molecule has 15 heteroatoms. The zero-order valence-electron chi connectivity index (χ0n) is 29.8. The minimum atomic E-state index is -5.27. The van der Waals surface area contributed by atoms with E-state index in [2.05, 4.69) is 0 Å². The van der Waals surface area contributed by atoms with Crippen LogP contribution in [0.25, 0.3) is 11.1 Å². The first-order chi connectivity index (χ1) is 24.7. The molecular weight excluding hydrogens is 742 g/mol. The van der Waals surface area contributed by atoms with E-state index in [0.717, 1.165) is 54.6 Å². The van der Waals surface area contributed by atoms with E-state index in [1.807, 2.05) is 0 Å². The number of alkyl halides is 6. The number of rotatable bonds is 11. The number of carbonyl (C=O) groups excluding carboxylic acids is 2. The van der Waals surface area contributed by atoms with Gasteiger partial charge in [-0.05, 0) is 122 Å². The Morgan fingerprint density at radius 1 is 0.630 bits per heavy atom. The number of hydrogen-bond acceptors (Lipinski definition) is 7. The lowest BCUT2D eigenvalue weighted by Crippen LogP contribution is -2.40. The van der Waals surface area contributed by atoms with Gasteiger partial charge in [0.15, 0.2) is 22.8 Å². The number of sulfone groups is 1. The van der Waals surface area contributed by atoms with Gasteiger partial charge in [-0.2, -0.15) is 26.3 Å². The van der Waals surface area contributed by atoms with Crippen molar-refractivity contribution in [1.29, 1.82) is 0 Å². The monoisotopic (exact) mass is 778 g/mol. The second-order valence-corrected chi connectivity index (χ2v) is 15.3. The Balaban J connectivity index is 1.78. The molecule has 4 aromatic carbocycles. The van der Waals surface area contributed by atoms with E-state index >= 15 is 0 Å². The molecule has 0 saturated heterocycles. The van der Waals surface area contributed by atoms with Gasteiger partial charge in [-0.3, -0.25) is 9.59 Å². The van der Waals surface area contributed by atoms with Gasteiger partial charge in [-0.1, -0.05) is 31.2 Å². The standard InChI is InChI=1S/C39H36F6O8S/c1-7-33(46)27-13-12-26(17-30(27)35(48)49)54(52,53)25-10-8-23(9-11-25)34(47)16-24-15-21(3)29(19-32(24)37(6,51)39(43,44)45)28-18-31(22(4)14-20(28)2)36(5,50)38(40,41)42/h8-15,17-19,50-51H,7,16H2,1-6H3,(H,48,49). The molecule has 0 radical (unpaired) electrons. The van der Waals surface area contributed by atoms with Crippen LogP contribution in [-0.2, 0) is 27.5 Å². The summed E-state index contributed by atoms with van der Waals surface area (Å²) in [5.74, 6) is -2.82. The zero-order chi connectivity index (χ0) is 40.9. The Hall–Kier alpha value is -4.86.